The van der Waals surface area contributed by atoms with Crippen molar-refractivity contribution in [3.63, 3.8) is 0 Å². The summed E-state index contributed by atoms with van der Waals surface area (Å²) in [5.74, 6) is -0.318. The predicted molar refractivity (Wildman–Crippen MR) is 80.3 cm³/mol. The molecule has 0 amide bonds. The second-order valence-electron chi connectivity index (χ2n) is 4.73. The van der Waals surface area contributed by atoms with E-state index in [-0.39, 0.29) is 5.82 Å². The highest BCUT2D eigenvalue weighted by molar-refractivity contribution is 6.31. The summed E-state index contributed by atoms with van der Waals surface area (Å²) >= 11 is 6.08. The Bertz CT molecular complexity index is 764. The fraction of sp³-hybridized carbons (Fsp3) is 0.125. The fourth-order valence-corrected chi connectivity index (χ4v) is 2.66. The number of nitrogens with zero attached hydrogens (tertiary/aromatic N) is 1. The third-order valence-electron chi connectivity index (χ3n) is 3.48. The predicted octanol–water partition coefficient (Wildman–Crippen LogP) is 3.94. The van der Waals surface area contributed by atoms with Gasteiger partial charge in [-0.15, -0.1) is 0 Å². The molecule has 0 bridgehead atoms. The van der Waals surface area contributed by atoms with Gasteiger partial charge < -0.3 is 10.3 Å². The van der Waals surface area contributed by atoms with Gasteiger partial charge in [-0.05, 0) is 35.4 Å². The zero-order valence-corrected chi connectivity index (χ0v) is 11.6. The average Bonchev–Trinajstić information content (AvgIpc) is 2.85. The molecule has 102 valence electrons. The molecule has 0 radical (unpaired) electrons. The number of benzene rings is 2. The molecule has 0 unspecified atom stereocenters. The third-order valence-corrected chi connectivity index (χ3v) is 3.83. The van der Waals surface area contributed by atoms with Crippen molar-refractivity contribution in [1.82, 2.24) is 4.57 Å². The Morgan fingerprint density at radius 3 is 2.70 bits per heavy atom. The summed E-state index contributed by atoms with van der Waals surface area (Å²) < 4.78 is 15.2. The molecule has 20 heavy (non-hydrogen) atoms. The van der Waals surface area contributed by atoms with Gasteiger partial charge in [-0.2, -0.15) is 0 Å². The Kier molecular flexibility index (Phi) is 3.47. The maximum absolute atomic E-state index is 13.1. The van der Waals surface area contributed by atoms with Crippen LogP contribution in [0.5, 0.6) is 0 Å². The molecule has 2 N–H and O–H groups in total. The number of nitrogens with two attached hydrogens (primary N) is 1. The van der Waals surface area contributed by atoms with Crippen molar-refractivity contribution in [2.45, 2.75) is 13.1 Å². The van der Waals surface area contributed by atoms with Crippen LogP contribution in [0.15, 0.2) is 48.7 Å². The minimum atomic E-state index is -0.318. The Morgan fingerprint density at radius 1 is 1.10 bits per heavy atom. The normalized spacial score (nSPS) is 11.2. The minimum Gasteiger partial charge on any atom is -0.343 e. The molecule has 2 aromatic carbocycles. The summed E-state index contributed by atoms with van der Waals surface area (Å²) in [5, 5.41) is 1.59. The summed E-state index contributed by atoms with van der Waals surface area (Å²) in [5.41, 5.74) is 8.86. The van der Waals surface area contributed by atoms with Crippen molar-refractivity contribution in [3.05, 3.63) is 70.6 Å². The van der Waals surface area contributed by atoms with Gasteiger partial charge in [-0.25, -0.2) is 4.39 Å². The van der Waals surface area contributed by atoms with Crippen LogP contribution in [0.25, 0.3) is 10.9 Å². The molecule has 1 heterocycles. The van der Waals surface area contributed by atoms with Crippen LogP contribution in [0, 0.1) is 5.82 Å². The molecule has 3 rings (SSSR count). The standard InChI is InChI=1S/C16H14ClFN2/c17-15-8-13(18)5-4-12(15)10-20-7-6-14-11(9-19)2-1-3-16(14)20/h1-8H,9-10,19H2. The number of rotatable bonds is 3. The Morgan fingerprint density at radius 2 is 1.95 bits per heavy atom. The second kappa shape index (κ2) is 5.27. The third kappa shape index (κ3) is 2.30. The highest BCUT2D eigenvalue weighted by atomic mass is 35.5. The Labute approximate surface area is 121 Å². The Hall–Kier alpha value is -1.84. The monoisotopic (exact) mass is 288 g/mol. The van der Waals surface area contributed by atoms with E-state index in [4.69, 9.17) is 17.3 Å². The van der Waals surface area contributed by atoms with Crippen LogP contribution in [0.4, 0.5) is 4.39 Å². The average molecular weight is 289 g/mol. The van der Waals surface area contributed by atoms with E-state index >= 15 is 0 Å². The number of hydrogen-bond acceptors (Lipinski definition) is 1. The summed E-state index contributed by atoms with van der Waals surface area (Å²) in [6, 6.07) is 12.6. The minimum absolute atomic E-state index is 0.318. The number of fused-ring (bicyclic) bond motifs is 1. The van der Waals surface area contributed by atoms with Gasteiger partial charge in [-0.1, -0.05) is 29.8 Å². The molecule has 0 spiro atoms. The van der Waals surface area contributed by atoms with Gasteiger partial charge in [0.25, 0.3) is 0 Å². The van der Waals surface area contributed by atoms with Crippen LogP contribution >= 0.6 is 11.6 Å². The zero-order chi connectivity index (χ0) is 14.1. The largest absolute Gasteiger partial charge is 0.343 e. The molecular formula is C16H14ClFN2. The van der Waals surface area contributed by atoms with Gasteiger partial charge in [0.1, 0.15) is 5.82 Å². The fourth-order valence-electron chi connectivity index (χ4n) is 2.44. The lowest BCUT2D eigenvalue weighted by molar-refractivity contribution is 0.626. The molecule has 2 nitrogen and oxygen atoms in total. The molecule has 1 aromatic heterocycles. The topological polar surface area (TPSA) is 30.9 Å². The summed E-state index contributed by atoms with van der Waals surface area (Å²) in [6.07, 6.45) is 2.00. The van der Waals surface area contributed by atoms with Crippen LogP contribution in [0.1, 0.15) is 11.1 Å². The molecule has 0 saturated heterocycles. The van der Waals surface area contributed by atoms with Gasteiger partial charge in [0.05, 0.1) is 0 Å². The van der Waals surface area contributed by atoms with Crippen molar-refractivity contribution in [2.24, 2.45) is 5.73 Å². The van der Waals surface area contributed by atoms with Gasteiger partial charge in [0, 0.05) is 35.2 Å². The quantitative estimate of drug-likeness (QED) is 0.777. The van der Waals surface area contributed by atoms with Crippen LogP contribution < -0.4 is 5.73 Å². The van der Waals surface area contributed by atoms with E-state index in [1.165, 1.54) is 12.1 Å². The van der Waals surface area contributed by atoms with Crippen LogP contribution in [0.2, 0.25) is 5.02 Å². The van der Waals surface area contributed by atoms with E-state index in [9.17, 15) is 4.39 Å². The van der Waals surface area contributed by atoms with Crippen LogP contribution in [0.3, 0.4) is 0 Å². The summed E-state index contributed by atoms with van der Waals surface area (Å²) in [7, 11) is 0. The molecule has 0 aliphatic carbocycles. The van der Waals surface area contributed by atoms with Crippen LogP contribution in [-0.4, -0.2) is 4.57 Å². The van der Waals surface area contributed by atoms with Crippen molar-refractivity contribution in [3.8, 4) is 0 Å². The lowest BCUT2D eigenvalue weighted by Gasteiger charge is -2.08. The van der Waals surface area contributed by atoms with Gasteiger partial charge in [0.2, 0.25) is 0 Å². The molecule has 4 heteroatoms. The van der Waals surface area contributed by atoms with E-state index in [0.717, 1.165) is 22.0 Å². The molecule has 0 fully saturated rings. The summed E-state index contributed by atoms with van der Waals surface area (Å²) in [4.78, 5) is 0. The molecule has 3 aromatic rings. The smallest absolute Gasteiger partial charge is 0.124 e. The van der Waals surface area contributed by atoms with E-state index in [1.54, 1.807) is 6.07 Å². The van der Waals surface area contributed by atoms with E-state index in [0.29, 0.717) is 18.1 Å². The molecule has 0 saturated carbocycles. The summed E-state index contributed by atoms with van der Waals surface area (Å²) in [6.45, 7) is 1.12. The SMILES string of the molecule is NCc1cccc2c1ccn2Cc1ccc(F)cc1Cl. The first-order chi connectivity index (χ1) is 9.69. The van der Waals surface area contributed by atoms with Gasteiger partial charge >= 0.3 is 0 Å². The number of halogens is 2. The van der Waals surface area contributed by atoms with E-state index in [2.05, 4.69) is 10.6 Å². The highest BCUT2D eigenvalue weighted by Gasteiger charge is 2.07. The molecule has 0 aliphatic rings. The second-order valence-corrected chi connectivity index (χ2v) is 5.14. The highest BCUT2D eigenvalue weighted by Crippen LogP contribution is 2.23. The first kappa shape index (κ1) is 13.2. The molecule has 0 atom stereocenters. The molecular weight excluding hydrogens is 275 g/mol. The first-order valence-electron chi connectivity index (χ1n) is 6.40. The van der Waals surface area contributed by atoms with Crippen molar-refractivity contribution in [2.75, 3.05) is 0 Å². The lowest BCUT2D eigenvalue weighted by Crippen LogP contribution is -2.00. The first-order valence-corrected chi connectivity index (χ1v) is 6.77. The van der Waals surface area contributed by atoms with Crippen molar-refractivity contribution in [1.29, 1.82) is 0 Å². The maximum Gasteiger partial charge on any atom is 0.124 e. The van der Waals surface area contributed by atoms with E-state index < -0.39 is 0 Å². The lowest BCUT2D eigenvalue weighted by atomic mass is 10.1. The van der Waals surface area contributed by atoms with Gasteiger partial charge in [-0.3, -0.25) is 0 Å². The van der Waals surface area contributed by atoms with Crippen LogP contribution in [-0.2, 0) is 13.1 Å². The van der Waals surface area contributed by atoms with Crippen molar-refractivity contribution < 1.29 is 4.39 Å². The maximum atomic E-state index is 13.1. The zero-order valence-electron chi connectivity index (χ0n) is 10.8. The number of aromatic nitrogens is 1. The Balaban J connectivity index is 2.03. The van der Waals surface area contributed by atoms with Gasteiger partial charge in [0.15, 0.2) is 0 Å². The van der Waals surface area contributed by atoms with Crippen molar-refractivity contribution >= 4 is 22.5 Å². The number of hydrogen-bond donors (Lipinski definition) is 1. The van der Waals surface area contributed by atoms with E-state index in [1.807, 2.05) is 24.4 Å². The molecule has 0 aliphatic heterocycles.